The second-order valence-corrected chi connectivity index (χ2v) is 14.0. The Morgan fingerprint density at radius 3 is 1.79 bits per heavy atom. The first kappa shape index (κ1) is 41.4. The maximum Gasteiger partial charge on any atom is 0.243 e. The molecule has 3 heterocycles. The first-order valence-corrected chi connectivity index (χ1v) is 18.7. The van der Waals surface area contributed by atoms with Crippen LogP contribution in [0.4, 0.5) is 0 Å². The summed E-state index contributed by atoms with van der Waals surface area (Å²) in [6.07, 6.45) is 8.34. The van der Waals surface area contributed by atoms with E-state index in [1.54, 1.807) is 13.1 Å². The summed E-state index contributed by atoms with van der Waals surface area (Å²) in [5, 5.41) is 14.6. The van der Waals surface area contributed by atoms with Gasteiger partial charge in [-0.2, -0.15) is 0 Å². The monoisotopic (exact) mass is 779 g/mol. The van der Waals surface area contributed by atoms with Gasteiger partial charge in [-0.1, -0.05) is 68.8 Å². The molecule has 17 nitrogen and oxygen atoms in total. The zero-order chi connectivity index (χ0) is 40.9. The van der Waals surface area contributed by atoms with E-state index in [4.69, 9.17) is 5.73 Å². The smallest absolute Gasteiger partial charge is 0.243 e. The Morgan fingerprint density at radius 1 is 0.649 bits per heavy atom. The summed E-state index contributed by atoms with van der Waals surface area (Å²) in [6, 6.07) is 10.9. The third kappa shape index (κ3) is 11.6. The van der Waals surface area contributed by atoms with Crippen LogP contribution in [0, 0.1) is 5.92 Å². The number of nitrogens with one attached hydrogen (secondary N) is 8. The zero-order valence-electron chi connectivity index (χ0n) is 32.0. The lowest BCUT2D eigenvalue weighted by molar-refractivity contribution is -0.135. The SMILES string of the molecule is CC[C@H](C)C(NC(=O)[C@H](Cc1cnc[nH]1)NC(=O)[C@H](Cc1ccccc1)NC(C)=O)C(=O)N[C@@H](Cc1c[nH]c2ccccc12)C(=O)N[C@@H](Cc1cnc[nH]1)C(N)=O. The highest BCUT2D eigenvalue weighted by Crippen LogP contribution is 2.20. The Morgan fingerprint density at radius 2 is 1.19 bits per heavy atom. The molecule has 300 valence electrons. The van der Waals surface area contributed by atoms with Gasteiger partial charge in [0, 0.05) is 73.5 Å². The number of benzene rings is 2. The van der Waals surface area contributed by atoms with Crippen LogP contribution in [0.1, 0.15) is 49.7 Å². The highest BCUT2D eigenvalue weighted by atomic mass is 16.2. The molecule has 0 aliphatic heterocycles. The number of carbonyl (C=O) groups excluding carboxylic acids is 6. The molecule has 2 aromatic carbocycles. The summed E-state index contributed by atoms with van der Waals surface area (Å²) in [6.45, 7) is 4.93. The fourth-order valence-electron chi connectivity index (χ4n) is 6.46. The van der Waals surface area contributed by atoms with Crippen LogP contribution in [0.25, 0.3) is 10.9 Å². The highest BCUT2D eigenvalue weighted by Gasteiger charge is 2.35. The van der Waals surface area contributed by atoms with Crippen molar-refractivity contribution in [3.63, 3.8) is 0 Å². The molecule has 0 aliphatic carbocycles. The first-order chi connectivity index (χ1) is 27.4. The maximum atomic E-state index is 14.3. The van der Waals surface area contributed by atoms with E-state index in [-0.39, 0.29) is 25.7 Å². The number of amides is 6. The van der Waals surface area contributed by atoms with Crippen LogP contribution in [0.15, 0.2) is 85.8 Å². The largest absolute Gasteiger partial charge is 0.368 e. The van der Waals surface area contributed by atoms with E-state index in [0.717, 1.165) is 22.0 Å². The number of hydrogen-bond donors (Lipinski definition) is 9. The van der Waals surface area contributed by atoms with Crippen molar-refractivity contribution in [2.24, 2.45) is 11.7 Å². The summed E-state index contributed by atoms with van der Waals surface area (Å²) >= 11 is 0. The maximum absolute atomic E-state index is 14.3. The van der Waals surface area contributed by atoms with Crippen LogP contribution >= 0.6 is 0 Å². The Balaban J connectivity index is 1.38. The van der Waals surface area contributed by atoms with Crippen molar-refractivity contribution in [3.05, 3.63) is 108 Å². The number of nitrogens with zero attached hydrogens (tertiary/aromatic N) is 2. The van der Waals surface area contributed by atoms with E-state index in [2.05, 4.69) is 51.5 Å². The number of imidazole rings is 2. The topological polar surface area (TPSA) is 262 Å². The molecule has 0 saturated heterocycles. The molecule has 0 bridgehead atoms. The molecule has 17 heteroatoms. The Bertz CT molecular complexity index is 2120. The fourth-order valence-corrected chi connectivity index (χ4v) is 6.46. The predicted octanol–water partition coefficient (Wildman–Crippen LogP) is 0.860. The van der Waals surface area contributed by atoms with Gasteiger partial charge in [0.25, 0.3) is 0 Å². The van der Waals surface area contributed by atoms with Gasteiger partial charge in [0.15, 0.2) is 0 Å². The Kier molecular flexibility index (Phi) is 14.3. The number of para-hydroxylation sites is 1. The van der Waals surface area contributed by atoms with Crippen molar-refractivity contribution in [1.29, 1.82) is 0 Å². The van der Waals surface area contributed by atoms with E-state index in [1.807, 2.05) is 61.5 Å². The third-order valence-electron chi connectivity index (χ3n) is 9.75. The number of aromatic nitrogens is 5. The molecule has 5 aromatic rings. The first-order valence-electron chi connectivity index (χ1n) is 18.7. The van der Waals surface area contributed by atoms with Gasteiger partial charge in [-0.05, 0) is 23.1 Å². The van der Waals surface area contributed by atoms with Crippen molar-refractivity contribution in [2.45, 2.75) is 83.1 Å². The number of aromatic amines is 3. The van der Waals surface area contributed by atoms with E-state index < -0.39 is 71.6 Å². The third-order valence-corrected chi connectivity index (χ3v) is 9.75. The minimum Gasteiger partial charge on any atom is -0.368 e. The van der Waals surface area contributed by atoms with Crippen LogP contribution < -0.4 is 32.3 Å². The molecule has 3 aromatic heterocycles. The van der Waals surface area contributed by atoms with Crippen LogP contribution in [-0.4, -0.2) is 90.6 Å². The normalized spacial score (nSPS) is 14.3. The van der Waals surface area contributed by atoms with Gasteiger partial charge in [0.05, 0.1) is 12.7 Å². The average molecular weight is 780 g/mol. The number of hydrogen-bond acceptors (Lipinski definition) is 8. The van der Waals surface area contributed by atoms with Crippen molar-refractivity contribution in [3.8, 4) is 0 Å². The van der Waals surface area contributed by atoms with Crippen molar-refractivity contribution >= 4 is 46.3 Å². The highest BCUT2D eigenvalue weighted by molar-refractivity contribution is 5.97. The van der Waals surface area contributed by atoms with Gasteiger partial charge in [0.2, 0.25) is 35.4 Å². The second-order valence-electron chi connectivity index (χ2n) is 14.0. The lowest BCUT2D eigenvalue weighted by Gasteiger charge is -2.29. The average Bonchev–Trinajstić information content (AvgIpc) is 3.99. The predicted molar refractivity (Wildman–Crippen MR) is 211 cm³/mol. The molecule has 0 radical (unpaired) electrons. The summed E-state index contributed by atoms with van der Waals surface area (Å²) < 4.78 is 0. The van der Waals surface area contributed by atoms with Gasteiger partial charge in [0.1, 0.15) is 30.2 Å². The molecule has 0 saturated carbocycles. The standard InChI is InChI=1S/C40H49N11O6/c1-4-23(2)35(51-39(56)34(17-28-20-43-22-46-28)49-37(54)32(47-24(3)52)14-25-10-6-5-7-11-25)40(57)50-33(15-26-18-44-30-13-9-8-12-29(26)30)38(55)48-31(36(41)53)16-27-19-42-21-45-27/h5-13,18-23,31-35,44H,4,14-17H2,1-3H3,(H2,41,53)(H,42,45)(H,43,46)(H,47,52)(H,48,55)(H,49,54)(H,50,57)(H,51,56)/t23-,31-,32-,33-,34-,35?/m0/s1. The minimum absolute atomic E-state index is 0.0129. The molecule has 6 amide bonds. The van der Waals surface area contributed by atoms with Crippen molar-refractivity contribution in [2.75, 3.05) is 0 Å². The van der Waals surface area contributed by atoms with Crippen molar-refractivity contribution in [1.82, 2.24) is 51.5 Å². The number of rotatable bonds is 20. The zero-order valence-corrected chi connectivity index (χ0v) is 32.0. The molecular formula is C40H49N11O6. The number of primary amides is 1. The molecule has 57 heavy (non-hydrogen) atoms. The van der Waals surface area contributed by atoms with Crippen molar-refractivity contribution < 1.29 is 28.8 Å². The van der Waals surface area contributed by atoms with Crippen LogP contribution in [0.5, 0.6) is 0 Å². The lowest BCUT2D eigenvalue weighted by Crippen LogP contribution is -2.61. The summed E-state index contributed by atoms with van der Waals surface area (Å²) in [7, 11) is 0. The summed E-state index contributed by atoms with van der Waals surface area (Å²) in [5.41, 5.74) is 9.13. The molecule has 0 fully saturated rings. The van der Waals surface area contributed by atoms with E-state index in [9.17, 15) is 28.8 Å². The van der Waals surface area contributed by atoms with Crippen LogP contribution in [0.2, 0.25) is 0 Å². The molecule has 10 N–H and O–H groups in total. The molecule has 5 rings (SSSR count). The van der Waals surface area contributed by atoms with E-state index in [1.165, 1.54) is 32.0 Å². The van der Waals surface area contributed by atoms with Gasteiger partial charge < -0.3 is 47.3 Å². The number of H-pyrrole nitrogens is 3. The minimum atomic E-state index is -1.21. The summed E-state index contributed by atoms with van der Waals surface area (Å²) in [5.74, 6) is -4.25. The molecule has 1 unspecified atom stereocenters. The Labute approximate surface area is 329 Å². The molecule has 0 aliphatic rings. The molecular weight excluding hydrogens is 731 g/mol. The Hall–Kier alpha value is -6.78. The quantitative estimate of drug-likeness (QED) is 0.0546. The van der Waals surface area contributed by atoms with Crippen LogP contribution in [-0.2, 0) is 54.5 Å². The molecule has 6 atom stereocenters. The van der Waals surface area contributed by atoms with E-state index in [0.29, 0.717) is 17.8 Å². The van der Waals surface area contributed by atoms with Gasteiger partial charge in [-0.3, -0.25) is 28.8 Å². The number of carbonyl (C=O) groups is 6. The second kappa shape index (κ2) is 19.7. The van der Waals surface area contributed by atoms with Gasteiger partial charge >= 0.3 is 0 Å². The van der Waals surface area contributed by atoms with E-state index >= 15 is 0 Å². The fraction of sp³-hybridized carbons (Fsp3) is 0.350. The lowest BCUT2D eigenvalue weighted by atomic mass is 9.96. The summed E-state index contributed by atoms with van der Waals surface area (Å²) in [4.78, 5) is 97.8. The van der Waals surface area contributed by atoms with Crippen LogP contribution in [0.3, 0.4) is 0 Å². The number of fused-ring (bicyclic) bond motifs is 1. The molecule has 0 spiro atoms. The number of nitrogens with two attached hydrogens (primary N) is 1. The van der Waals surface area contributed by atoms with Gasteiger partial charge in [-0.25, -0.2) is 9.97 Å². The van der Waals surface area contributed by atoms with Gasteiger partial charge in [-0.15, -0.1) is 0 Å².